The Morgan fingerprint density at radius 3 is 2.87 bits per heavy atom. The summed E-state index contributed by atoms with van der Waals surface area (Å²) in [5.41, 5.74) is 5.69. The number of halogens is 1. The van der Waals surface area contributed by atoms with Gasteiger partial charge in [0.15, 0.2) is 5.11 Å². The van der Waals surface area contributed by atoms with Gasteiger partial charge in [-0.2, -0.15) is 5.10 Å². The quantitative estimate of drug-likeness (QED) is 0.657. The van der Waals surface area contributed by atoms with Crippen LogP contribution in [0, 0.1) is 5.82 Å². The standard InChI is InChI=1S/C17H16FN3S2/c18-13-6-7-16-14(10-13)15(8-9-23-16)20-21-17(22)19-11-12-4-2-1-3-5-12/h1-7,10H,8-9,11H2,(H2,19,21,22)/b20-15+. The van der Waals surface area contributed by atoms with Gasteiger partial charge in [-0.25, -0.2) is 4.39 Å². The minimum absolute atomic E-state index is 0.247. The number of hydrazone groups is 1. The van der Waals surface area contributed by atoms with Crippen molar-refractivity contribution in [3.05, 3.63) is 65.5 Å². The average Bonchev–Trinajstić information content (AvgIpc) is 2.59. The summed E-state index contributed by atoms with van der Waals surface area (Å²) < 4.78 is 13.5. The Bertz CT molecular complexity index is 732. The number of fused-ring (bicyclic) bond motifs is 1. The molecule has 0 spiro atoms. The van der Waals surface area contributed by atoms with Crippen LogP contribution in [0.3, 0.4) is 0 Å². The molecule has 1 heterocycles. The van der Waals surface area contributed by atoms with Crippen molar-refractivity contribution in [1.82, 2.24) is 10.7 Å². The summed E-state index contributed by atoms with van der Waals surface area (Å²) in [4.78, 5) is 1.06. The summed E-state index contributed by atoms with van der Waals surface area (Å²) in [6.07, 6.45) is 0.787. The fourth-order valence-electron chi connectivity index (χ4n) is 2.30. The lowest BCUT2D eigenvalue weighted by Crippen LogP contribution is -2.32. The maximum atomic E-state index is 13.5. The maximum Gasteiger partial charge on any atom is 0.187 e. The maximum absolute atomic E-state index is 13.5. The van der Waals surface area contributed by atoms with Crippen molar-refractivity contribution in [3.63, 3.8) is 0 Å². The summed E-state index contributed by atoms with van der Waals surface area (Å²) in [5.74, 6) is 0.687. The zero-order chi connectivity index (χ0) is 16.1. The normalized spacial score (nSPS) is 15.1. The molecular weight excluding hydrogens is 329 g/mol. The monoisotopic (exact) mass is 345 g/mol. The number of nitrogens with one attached hydrogen (secondary N) is 2. The molecular formula is C17H16FN3S2. The van der Waals surface area contributed by atoms with Crippen LogP contribution in [-0.4, -0.2) is 16.6 Å². The molecule has 0 aliphatic carbocycles. The predicted octanol–water partition coefficient (Wildman–Crippen LogP) is 3.69. The molecule has 3 nitrogen and oxygen atoms in total. The minimum Gasteiger partial charge on any atom is -0.357 e. The van der Waals surface area contributed by atoms with Gasteiger partial charge in [-0.15, -0.1) is 11.8 Å². The van der Waals surface area contributed by atoms with Crippen LogP contribution in [0.2, 0.25) is 0 Å². The molecule has 2 aromatic rings. The van der Waals surface area contributed by atoms with Crippen LogP contribution in [0.1, 0.15) is 17.5 Å². The largest absolute Gasteiger partial charge is 0.357 e. The molecule has 118 valence electrons. The first kappa shape index (κ1) is 16.0. The number of rotatable bonds is 3. The molecule has 23 heavy (non-hydrogen) atoms. The van der Waals surface area contributed by atoms with E-state index in [1.54, 1.807) is 17.8 Å². The Morgan fingerprint density at radius 1 is 1.22 bits per heavy atom. The summed E-state index contributed by atoms with van der Waals surface area (Å²) in [7, 11) is 0. The van der Waals surface area contributed by atoms with E-state index in [-0.39, 0.29) is 5.82 Å². The highest BCUT2D eigenvalue weighted by Crippen LogP contribution is 2.30. The van der Waals surface area contributed by atoms with E-state index in [4.69, 9.17) is 12.2 Å². The van der Waals surface area contributed by atoms with Gasteiger partial charge in [0.05, 0.1) is 5.71 Å². The lowest BCUT2D eigenvalue weighted by atomic mass is 10.1. The van der Waals surface area contributed by atoms with Crippen molar-refractivity contribution in [3.8, 4) is 0 Å². The molecule has 0 saturated heterocycles. The number of hydrogen-bond acceptors (Lipinski definition) is 3. The highest BCUT2D eigenvalue weighted by molar-refractivity contribution is 7.99. The van der Waals surface area contributed by atoms with E-state index in [9.17, 15) is 4.39 Å². The molecule has 0 amide bonds. The minimum atomic E-state index is -0.247. The third-order valence-electron chi connectivity index (χ3n) is 3.44. The molecule has 0 unspecified atom stereocenters. The van der Waals surface area contributed by atoms with Crippen molar-refractivity contribution >= 4 is 34.8 Å². The van der Waals surface area contributed by atoms with E-state index in [0.29, 0.717) is 11.7 Å². The molecule has 0 radical (unpaired) electrons. The van der Waals surface area contributed by atoms with Crippen LogP contribution in [0.4, 0.5) is 4.39 Å². The zero-order valence-electron chi connectivity index (χ0n) is 12.4. The van der Waals surface area contributed by atoms with Gasteiger partial charge in [-0.05, 0) is 36.0 Å². The number of hydrogen-bond donors (Lipinski definition) is 2. The van der Waals surface area contributed by atoms with Gasteiger partial charge < -0.3 is 5.32 Å². The van der Waals surface area contributed by atoms with Gasteiger partial charge in [0.1, 0.15) is 5.82 Å². The Labute approximate surface area is 144 Å². The SMILES string of the molecule is Fc1ccc2c(c1)/C(=N/NC(=S)NCc1ccccc1)CCS2. The molecule has 0 aromatic heterocycles. The van der Waals surface area contributed by atoms with Gasteiger partial charge in [0.25, 0.3) is 0 Å². The van der Waals surface area contributed by atoms with E-state index >= 15 is 0 Å². The molecule has 2 N–H and O–H groups in total. The highest BCUT2D eigenvalue weighted by atomic mass is 32.2. The van der Waals surface area contributed by atoms with E-state index in [0.717, 1.165) is 33.9 Å². The van der Waals surface area contributed by atoms with Crippen molar-refractivity contribution in [2.45, 2.75) is 17.9 Å². The van der Waals surface area contributed by atoms with Crippen molar-refractivity contribution in [1.29, 1.82) is 0 Å². The van der Waals surface area contributed by atoms with Gasteiger partial charge in [-0.1, -0.05) is 30.3 Å². The van der Waals surface area contributed by atoms with Gasteiger partial charge in [0, 0.05) is 29.2 Å². The first-order chi connectivity index (χ1) is 11.2. The number of benzene rings is 2. The van der Waals surface area contributed by atoms with Crippen molar-refractivity contribution in [2.24, 2.45) is 5.10 Å². The smallest absolute Gasteiger partial charge is 0.187 e. The summed E-state index contributed by atoms with van der Waals surface area (Å²) in [6.45, 7) is 0.637. The molecule has 2 aromatic carbocycles. The molecule has 6 heteroatoms. The average molecular weight is 345 g/mol. The van der Waals surface area contributed by atoms with E-state index in [1.165, 1.54) is 12.1 Å². The molecule has 1 aliphatic rings. The van der Waals surface area contributed by atoms with Crippen LogP contribution in [-0.2, 0) is 6.54 Å². The van der Waals surface area contributed by atoms with Gasteiger partial charge in [0.2, 0.25) is 0 Å². The van der Waals surface area contributed by atoms with Crippen molar-refractivity contribution in [2.75, 3.05) is 5.75 Å². The number of thiocarbonyl (C=S) groups is 1. The Morgan fingerprint density at radius 2 is 2.04 bits per heavy atom. The Balaban J connectivity index is 1.62. The zero-order valence-corrected chi connectivity index (χ0v) is 14.0. The predicted molar refractivity (Wildman–Crippen MR) is 97.3 cm³/mol. The van der Waals surface area contributed by atoms with E-state index in [2.05, 4.69) is 15.8 Å². The van der Waals surface area contributed by atoms with Crippen LogP contribution in [0.5, 0.6) is 0 Å². The Kier molecular flexibility index (Phi) is 5.25. The molecule has 0 saturated carbocycles. The molecule has 0 bridgehead atoms. The highest BCUT2D eigenvalue weighted by Gasteiger charge is 2.17. The second kappa shape index (κ2) is 7.57. The molecule has 1 aliphatic heterocycles. The van der Waals surface area contributed by atoms with Crippen LogP contribution < -0.4 is 10.7 Å². The topological polar surface area (TPSA) is 36.4 Å². The first-order valence-corrected chi connectivity index (χ1v) is 8.69. The number of thioether (sulfide) groups is 1. The van der Waals surface area contributed by atoms with Crippen LogP contribution in [0.15, 0.2) is 58.5 Å². The van der Waals surface area contributed by atoms with Crippen LogP contribution in [0.25, 0.3) is 0 Å². The van der Waals surface area contributed by atoms with Gasteiger partial charge in [-0.3, -0.25) is 5.43 Å². The van der Waals surface area contributed by atoms with Crippen LogP contribution >= 0.6 is 24.0 Å². The number of nitrogens with zero attached hydrogens (tertiary/aromatic N) is 1. The first-order valence-electron chi connectivity index (χ1n) is 7.29. The fourth-order valence-corrected chi connectivity index (χ4v) is 3.43. The summed E-state index contributed by atoms with van der Waals surface area (Å²) in [5, 5.41) is 7.92. The molecule has 3 rings (SSSR count). The summed E-state index contributed by atoms with van der Waals surface area (Å²) in [6, 6.07) is 14.8. The second-order valence-corrected chi connectivity index (χ2v) is 6.62. The molecule has 0 atom stereocenters. The molecule has 0 fully saturated rings. The lowest BCUT2D eigenvalue weighted by molar-refractivity contribution is 0.626. The third kappa shape index (κ3) is 4.30. The lowest BCUT2D eigenvalue weighted by Gasteiger charge is -2.17. The van der Waals surface area contributed by atoms with E-state index < -0.39 is 0 Å². The summed E-state index contributed by atoms with van der Waals surface area (Å²) >= 11 is 6.96. The third-order valence-corrected chi connectivity index (χ3v) is 4.75. The van der Waals surface area contributed by atoms with Crippen molar-refractivity contribution < 1.29 is 4.39 Å². The second-order valence-electron chi connectivity index (χ2n) is 5.08. The fraction of sp³-hybridized carbons (Fsp3) is 0.176. The Hall–Kier alpha value is -1.92. The van der Waals surface area contributed by atoms with Gasteiger partial charge >= 0.3 is 0 Å². The van der Waals surface area contributed by atoms with E-state index in [1.807, 2.05) is 30.3 Å².